The topological polar surface area (TPSA) is 73.3 Å². The minimum absolute atomic E-state index is 0.00729. The van der Waals surface area contributed by atoms with E-state index in [2.05, 4.69) is 9.97 Å². The number of ketones is 1. The van der Waals surface area contributed by atoms with E-state index in [1.54, 1.807) is 0 Å². The van der Waals surface area contributed by atoms with Crippen LogP contribution in [0, 0.1) is 0 Å². The molecule has 0 aliphatic rings. The summed E-state index contributed by atoms with van der Waals surface area (Å²) >= 11 is 0. The summed E-state index contributed by atoms with van der Waals surface area (Å²) in [5.41, 5.74) is 5.06. The minimum Gasteiger partial charge on any atom is -0.321 e. The summed E-state index contributed by atoms with van der Waals surface area (Å²) in [6.07, 6.45) is -1.22. The summed E-state index contributed by atoms with van der Waals surface area (Å²) in [6.45, 7) is 1.39. The summed E-state index contributed by atoms with van der Waals surface area (Å²) in [5.74, 6) is -1.82. The van der Waals surface area contributed by atoms with Crippen LogP contribution in [-0.4, -0.2) is 26.2 Å². The lowest BCUT2D eigenvalue weighted by Gasteiger charge is -2.03. The molecule has 2 N–H and O–H groups in total. The molecule has 0 saturated carbocycles. The van der Waals surface area contributed by atoms with Crippen LogP contribution in [-0.2, 0) is 6.18 Å². The van der Waals surface area contributed by atoms with E-state index in [9.17, 15) is 18.0 Å². The maximum Gasteiger partial charge on any atom is 0.450 e. The van der Waals surface area contributed by atoms with Crippen molar-refractivity contribution in [2.24, 2.45) is 5.73 Å². The van der Waals surface area contributed by atoms with Gasteiger partial charge in [-0.15, -0.1) is 0 Å². The fourth-order valence-electron chi connectivity index (χ4n) is 1.54. The zero-order valence-corrected chi connectivity index (χ0v) is 9.27. The molecule has 8 heteroatoms. The number of hydrogen-bond donors (Lipinski definition) is 1. The highest BCUT2D eigenvalue weighted by molar-refractivity contribution is 6.03. The summed E-state index contributed by atoms with van der Waals surface area (Å²) in [5, 5.41) is 0. The molecular formula is C10H9F3N4O. The lowest BCUT2D eigenvalue weighted by molar-refractivity contribution is -0.145. The molecule has 0 aliphatic heterocycles. The van der Waals surface area contributed by atoms with Crippen molar-refractivity contribution in [3.8, 4) is 0 Å². The first kappa shape index (κ1) is 12.5. The standard InChI is InChI=1S/C10H9F3N4O/c1-5(14)8(18)7-6-4-15-2-3-17(6)9(16-7)10(11,12)13/h2-5H,14H2,1H3. The van der Waals surface area contributed by atoms with Crippen molar-refractivity contribution < 1.29 is 18.0 Å². The molecule has 0 bridgehead atoms. The highest BCUT2D eigenvalue weighted by Gasteiger charge is 2.38. The smallest absolute Gasteiger partial charge is 0.321 e. The van der Waals surface area contributed by atoms with Crippen molar-refractivity contribution in [1.82, 2.24) is 14.4 Å². The number of imidazole rings is 1. The number of carbonyl (C=O) groups excluding carboxylic acids is 1. The van der Waals surface area contributed by atoms with Crippen molar-refractivity contribution in [1.29, 1.82) is 0 Å². The Morgan fingerprint density at radius 3 is 2.72 bits per heavy atom. The number of nitrogens with zero attached hydrogens (tertiary/aromatic N) is 3. The average Bonchev–Trinajstić information content (AvgIpc) is 2.66. The quantitative estimate of drug-likeness (QED) is 0.823. The molecule has 1 unspecified atom stereocenters. The summed E-state index contributed by atoms with van der Waals surface area (Å²) in [7, 11) is 0. The van der Waals surface area contributed by atoms with Crippen LogP contribution in [0.3, 0.4) is 0 Å². The number of nitrogens with two attached hydrogens (primary N) is 1. The van der Waals surface area contributed by atoms with Gasteiger partial charge in [0.05, 0.1) is 17.8 Å². The highest BCUT2D eigenvalue weighted by Crippen LogP contribution is 2.30. The molecule has 0 radical (unpaired) electrons. The van der Waals surface area contributed by atoms with Gasteiger partial charge in [-0.2, -0.15) is 13.2 Å². The van der Waals surface area contributed by atoms with Crippen molar-refractivity contribution in [3.63, 3.8) is 0 Å². The van der Waals surface area contributed by atoms with Gasteiger partial charge in [-0.25, -0.2) is 4.98 Å². The number of rotatable bonds is 2. The van der Waals surface area contributed by atoms with E-state index in [0.717, 1.165) is 16.8 Å². The van der Waals surface area contributed by atoms with Crippen molar-refractivity contribution in [2.75, 3.05) is 0 Å². The Morgan fingerprint density at radius 1 is 1.50 bits per heavy atom. The van der Waals surface area contributed by atoms with Crippen LogP contribution in [0.5, 0.6) is 0 Å². The van der Waals surface area contributed by atoms with Gasteiger partial charge in [0.2, 0.25) is 5.82 Å². The van der Waals surface area contributed by atoms with Gasteiger partial charge in [-0.3, -0.25) is 14.2 Å². The van der Waals surface area contributed by atoms with Gasteiger partial charge in [0, 0.05) is 12.4 Å². The van der Waals surface area contributed by atoms with E-state index in [4.69, 9.17) is 5.73 Å². The number of carbonyl (C=O) groups is 1. The maximum atomic E-state index is 12.7. The number of halogens is 3. The predicted molar refractivity (Wildman–Crippen MR) is 56.0 cm³/mol. The van der Waals surface area contributed by atoms with Crippen LogP contribution < -0.4 is 5.73 Å². The Kier molecular flexibility index (Phi) is 2.81. The maximum absolute atomic E-state index is 12.7. The molecular weight excluding hydrogens is 249 g/mol. The average molecular weight is 258 g/mol. The van der Waals surface area contributed by atoms with E-state index in [1.165, 1.54) is 13.1 Å². The SMILES string of the molecule is CC(N)C(=O)c1nc(C(F)(F)F)n2ccncc12. The van der Waals surface area contributed by atoms with Crippen LogP contribution in [0.2, 0.25) is 0 Å². The summed E-state index contributed by atoms with van der Waals surface area (Å²) in [6, 6.07) is -0.926. The van der Waals surface area contributed by atoms with Crippen LogP contribution in [0.15, 0.2) is 18.6 Å². The molecule has 18 heavy (non-hydrogen) atoms. The van der Waals surface area contributed by atoms with Crippen LogP contribution in [0.1, 0.15) is 23.2 Å². The van der Waals surface area contributed by atoms with Crippen molar-refractivity contribution >= 4 is 11.3 Å². The second kappa shape index (κ2) is 4.05. The first-order valence-electron chi connectivity index (χ1n) is 5.01. The highest BCUT2D eigenvalue weighted by atomic mass is 19.4. The van der Waals surface area contributed by atoms with E-state index >= 15 is 0 Å². The largest absolute Gasteiger partial charge is 0.450 e. The Morgan fingerprint density at radius 2 is 2.17 bits per heavy atom. The molecule has 1 atom stereocenters. The fourth-order valence-corrected chi connectivity index (χ4v) is 1.54. The molecule has 0 saturated heterocycles. The predicted octanol–water partition coefficient (Wildman–Crippen LogP) is 1.28. The van der Waals surface area contributed by atoms with Gasteiger partial charge >= 0.3 is 6.18 Å². The molecule has 5 nitrogen and oxygen atoms in total. The van der Waals surface area contributed by atoms with Gasteiger partial charge in [-0.1, -0.05) is 0 Å². The zero-order chi connectivity index (χ0) is 13.5. The van der Waals surface area contributed by atoms with Gasteiger partial charge < -0.3 is 5.73 Å². The number of hydrogen-bond acceptors (Lipinski definition) is 4. The Labute approximate surface area is 99.4 Å². The van der Waals surface area contributed by atoms with Crippen LogP contribution in [0.4, 0.5) is 13.2 Å². The number of aromatic nitrogens is 3. The van der Waals surface area contributed by atoms with Crippen molar-refractivity contribution in [2.45, 2.75) is 19.1 Å². The van der Waals surface area contributed by atoms with Gasteiger partial charge in [0.25, 0.3) is 0 Å². The summed E-state index contributed by atoms with van der Waals surface area (Å²) < 4.78 is 39.0. The van der Waals surface area contributed by atoms with Crippen LogP contribution >= 0.6 is 0 Å². The van der Waals surface area contributed by atoms with Gasteiger partial charge in [0.15, 0.2) is 5.78 Å². The molecule has 96 valence electrons. The first-order chi connectivity index (χ1) is 8.32. The normalized spacial score (nSPS) is 13.8. The second-order valence-corrected chi connectivity index (χ2v) is 3.77. The number of alkyl halides is 3. The molecule has 2 rings (SSSR count). The molecule has 0 amide bonds. The van der Waals surface area contributed by atoms with E-state index < -0.39 is 23.8 Å². The number of fused-ring (bicyclic) bond motifs is 1. The third-order valence-electron chi connectivity index (χ3n) is 2.35. The molecule has 0 spiro atoms. The molecule has 0 aromatic carbocycles. The van der Waals surface area contributed by atoms with Crippen LogP contribution in [0.25, 0.3) is 5.52 Å². The Hall–Kier alpha value is -1.96. The number of Topliss-reactive ketones (excluding diaryl/α,β-unsaturated/α-hetero) is 1. The Bertz CT molecular complexity index is 603. The molecule has 2 heterocycles. The van der Waals surface area contributed by atoms with E-state index in [1.807, 2.05) is 0 Å². The molecule has 2 aromatic heterocycles. The lowest BCUT2D eigenvalue weighted by atomic mass is 10.1. The molecule has 0 fully saturated rings. The third kappa shape index (κ3) is 1.94. The van der Waals surface area contributed by atoms with E-state index in [-0.39, 0.29) is 11.2 Å². The van der Waals surface area contributed by atoms with E-state index in [0.29, 0.717) is 0 Å². The minimum atomic E-state index is -4.65. The molecule has 2 aromatic rings. The monoisotopic (exact) mass is 258 g/mol. The molecule has 0 aliphatic carbocycles. The second-order valence-electron chi connectivity index (χ2n) is 3.77. The lowest BCUT2D eigenvalue weighted by Crippen LogP contribution is -2.27. The van der Waals surface area contributed by atoms with Gasteiger partial charge in [0.1, 0.15) is 5.69 Å². The summed E-state index contributed by atoms with van der Waals surface area (Å²) in [4.78, 5) is 18.7. The zero-order valence-electron chi connectivity index (χ0n) is 9.27. The Balaban J connectivity index is 2.73. The van der Waals surface area contributed by atoms with Gasteiger partial charge in [-0.05, 0) is 6.92 Å². The van der Waals surface area contributed by atoms with Crippen molar-refractivity contribution in [3.05, 3.63) is 30.1 Å². The third-order valence-corrected chi connectivity index (χ3v) is 2.35. The first-order valence-corrected chi connectivity index (χ1v) is 5.01. The fraction of sp³-hybridized carbons (Fsp3) is 0.300.